The molecule has 0 amide bonds. The van der Waals surface area contributed by atoms with Crippen molar-refractivity contribution >= 4 is 28.4 Å². The molecule has 23 heavy (non-hydrogen) atoms. The van der Waals surface area contributed by atoms with Gasteiger partial charge in [0.05, 0.1) is 16.1 Å². The second-order valence-electron chi connectivity index (χ2n) is 5.12. The molecular weight excluding hydrogens is 329 g/mol. The minimum Gasteiger partial charge on any atom is -0.287 e. The lowest BCUT2D eigenvalue weighted by Gasteiger charge is -2.09. The first-order valence-electron chi connectivity index (χ1n) is 6.59. The molecule has 0 radical (unpaired) electrons. The number of nitrogens with zero attached hydrogens (tertiary/aromatic N) is 2. The molecule has 0 saturated heterocycles. The molecule has 3 nitrogen and oxygen atoms in total. The van der Waals surface area contributed by atoms with Crippen LogP contribution in [0.2, 0.25) is 5.02 Å². The summed E-state index contributed by atoms with van der Waals surface area (Å²) in [6, 6.07) is 8.48. The molecule has 0 N–H and O–H groups in total. The monoisotopic (exact) mass is 334 g/mol. The van der Waals surface area contributed by atoms with Crippen molar-refractivity contribution in [3.63, 3.8) is 0 Å². The molecule has 0 fully saturated rings. The minimum atomic E-state index is -4.55. The van der Waals surface area contributed by atoms with E-state index < -0.39 is 11.7 Å². The SMILES string of the molecule is O=C1c2ccccc2-c2nc3c(Cl)cc(C(F)(F)F)cc3nc21. The molecule has 1 aliphatic rings. The quantitative estimate of drug-likeness (QED) is 0.475. The lowest BCUT2D eigenvalue weighted by molar-refractivity contribution is -0.137. The third kappa shape index (κ3) is 2.02. The fourth-order valence-electron chi connectivity index (χ4n) is 2.64. The summed E-state index contributed by atoms with van der Waals surface area (Å²) in [6.07, 6.45) is -4.55. The van der Waals surface area contributed by atoms with E-state index in [0.717, 1.165) is 12.1 Å². The smallest absolute Gasteiger partial charge is 0.287 e. The van der Waals surface area contributed by atoms with Gasteiger partial charge in [-0.25, -0.2) is 9.97 Å². The summed E-state index contributed by atoms with van der Waals surface area (Å²) in [7, 11) is 0. The molecule has 0 unspecified atom stereocenters. The van der Waals surface area contributed by atoms with Gasteiger partial charge in [0.2, 0.25) is 5.78 Å². The molecule has 0 bridgehead atoms. The zero-order chi connectivity index (χ0) is 16.4. The van der Waals surface area contributed by atoms with Gasteiger partial charge in [-0.15, -0.1) is 0 Å². The van der Waals surface area contributed by atoms with E-state index in [-0.39, 0.29) is 27.5 Å². The summed E-state index contributed by atoms with van der Waals surface area (Å²) < 4.78 is 38.7. The molecule has 1 aromatic heterocycles. The van der Waals surface area contributed by atoms with Crippen molar-refractivity contribution in [1.82, 2.24) is 9.97 Å². The van der Waals surface area contributed by atoms with Gasteiger partial charge < -0.3 is 0 Å². The summed E-state index contributed by atoms with van der Waals surface area (Å²) in [5.74, 6) is -0.349. The van der Waals surface area contributed by atoms with Crippen LogP contribution in [0.3, 0.4) is 0 Å². The average molecular weight is 335 g/mol. The number of ketones is 1. The zero-order valence-corrected chi connectivity index (χ0v) is 12.0. The van der Waals surface area contributed by atoms with Gasteiger partial charge in [0.15, 0.2) is 0 Å². The maximum atomic E-state index is 12.9. The van der Waals surface area contributed by atoms with Crippen LogP contribution < -0.4 is 0 Å². The van der Waals surface area contributed by atoms with Gasteiger partial charge in [-0.2, -0.15) is 13.2 Å². The number of halogens is 4. The highest BCUT2D eigenvalue weighted by Crippen LogP contribution is 2.38. The number of hydrogen-bond acceptors (Lipinski definition) is 3. The van der Waals surface area contributed by atoms with Crippen molar-refractivity contribution in [2.75, 3.05) is 0 Å². The highest BCUT2D eigenvalue weighted by atomic mass is 35.5. The van der Waals surface area contributed by atoms with E-state index in [9.17, 15) is 18.0 Å². The van der Waals surface area contributed by atoms with Crippen LogP contribution in [0.1, 0.15) is 21.6 Å². The summed E-state index contributed by atoms with van der Waals surface area (Å²) >= 11 is 5.95. The number of carbonyl (C=O) groups excluding carboxylic acids is 1. The van der Waals surface area contributed by atoms with Crippen LogP contribution >= 0.6 is 11.6 Å². The van der Waals surface area contributed by atoms with E-state index >= 15 is 0 Å². The third-order valence-electron chi connectivity index (χ3n) is 3.69. The summed E-state index contributed by atoms with van der Waals surface area (Å²) in [5.41, 5.74) is 0.608. The molecule has 1 heterocycles. The van der Waals surface area contributed by atoms with E-state index in [1.165, 1.54) is 0 Å². The van der Waals surface area contributed by atoms with Gasteiger partial charge in [0, 0.05) is 11.1 Å². The van der Waals surface area contributed by atoms with Gasteiger partial charge in [0.1, 0.15) is 16.9 Å². The van der Waals surface area contributed by atoms with Crippen LogP contribution in [0.5, 0.6) is 0 Å². The minimum absolute atomic E-state index is 0.0501. The fraction of sp³-hybridized carbons (Fsp3) is 0.0625. The average Bonchev–Trinajstić information content (AvgIpc) is 2.78. The number of hydrogen-bond donors (Lipinski definition) is 0. The van der Waals surface area contributed by atoms with Crippen LogP contribution in [0.15, 0.2) is 36.4 Å². The van der Waals surface area contributed by atoms with E-state index in [2.05, 4.69) is 9.97 Å². The number of carbonyl (C=O) groups is 1. The molecule has 1 aliphatic carbocycles. The van der Waals surface area contributed by atoms with Crippen LogP contribution in [0, 0.1) is 0 Å². The Balaban J connectivity index is 2.04. The fourth-order valence-corrected chi connectivity index (χ4v) is 2.90. The standard InChI is InChI=1S/C16H6ClF3N2O/c17-10-5-7(16(18,19)20)6-11-13(10)22-12-8-3-1-2-4-9(8)15(23)14(12)21-11/h1-6H. The van der Waals surface area contributed by atoms with E-state index in [1.807, 2.05) is 0 Å². The number of aromatic nitrogens is 2. The number of rotatable bonds is 0. The summed E-state index contributed by atoms with van der Waals surface area (Å²) in [6.45, 7) is 0. The van der Waals surface area contributed by atoms with Crippen LogP contribution in [0.4, 0.5) is 13.2 Å². The molecule has 0 saturated carbocycles. The Hall–Kier alpha value is -2.47. The molecule has 0 aliphatic heterocycles. The maximum Gasteiger partial charge on any atom is 0.416 e. The Kier molecular flexibility index (Phi) is 2.78. The topological polar surface area (TPSA) is 42.9 Å². The van der Waals surface area contributed by atoms with Gasteiger partial charge in [-0.1, -0.05) is 35.9 Å². The molecule has 114 valence electrons. The van der Waals surface area contributed by atoms with Gasteiger partial charge >= 0.3 is 6.18 Å². The van der Waals surface area contributed by atoms with Crippen LogP contribution in [0.25, 0.3) is 22.3 Å². The Labute approximate surface area is 132 Å². The third-order valence-corrected chi connectivity index (χ3v) is 3.98. The van der Waals surface area contributed by atoms with Gasteiger partial charge in [-0.05, 0) is 12.1 Å². The van der Waals surface area contributed by atoms with Crippen molar-refractivity contribution < 1.29 is 18.0 Å². The second kappa shape index (κ2) is 4.52. The first-order chi connectivity index (χ1) is 10.9. The Morgan fingerprint density at radius 1 is 0.957 bits per heavy atom. The Morgan fingerprint density at radius 2 is 1.65 bits per heavy atom. The molecule has 7 heteroatoms. The second-order valence-corrected chi connectivity index (χ2v) is 5.53. The van der Waals surface area contributed by atoms with E-state index in [4.69, 9.17) is 11.6 Å². The molecular formula is C16H6ClF3N2O. The summed E-state index contributed by atoms with van der Waals surface area (Å²) in [4.78, 5) is 20.7. The summed E-state index contributed by atoms with van der Waals surface area (Å²) in [5, 5.41) is -0.151. The Bertz CT molecular complexity index is 999. The predicted molar refractivity (Wildman–Crippen MR) is 78.4 cm³/mol. The van der Waals surface area contributed by atoms with Crippen molar-refractivity contribution in [2.24, 2.45) is 0 Å². The molecule has 0 atom stereocenters. The highest BCUT2D eigenvalue weighted by Gasteiger charge is 2.33. The van der Waals surface area contributed by atoms with E-state index in [0.29, 0.717) is 16.8 Å². The molecule has 0 spiro atoms. The van der Waals surface area contributed by atoms with Crippen LogP contribution in [-0.4, -0.2) is 15.8 Å². The van der Waals surface area contributed by atoms with E-state index in [1.54, 1.807) is 24.3 Å². The van der Waals surface area contributed by atoms with Crippen molar-refractivity contribution in [2.45, 2.75) is 6.18 Å². The number of fused-ring (bicyclic) bond motifs is 4. The first-order valence-corrected chi connectivity index (χ1v) is 6.96. The van der Waals surface area contributed by atoms with Crippen molar-refractivity contribution in [3.8, 4) is 11.3 Å². The largest absolute Gasteiger partial charge is 0.416 e. The molecule has 3 aromatic rings. The maximum absolute atomic E-state index is 12.9. The molecule has 4 rings (SSSR count). The Morgan fingerprint density at radius 3 is 2.35 bits per heavy atom. The molecule has 2 aromatic carbocycles. The number of alkyl halides is 3. The number of benzene rings is 2. The van der Waals surface area contributed by atoms with Gasteiger partial charge in [-0.3, -0.25) is 4.79 Å². The zero-order valence-electron chi connectivity index (χ0n) is 11.3. The lowest BCUT2D eigenvalue weighted by Crippen LogP contribution is -2.06. The van der Waals surface area contributed by atoms with Crippen molar-refractivity contribution in [3.05, 3.63) is 58.2 Å². The highest BCUT2D eigenvalue weighted by molar-refractivity contribution is 6.35. The predicted octanol–water partition coefficient (Wildman–Crippen LogP) is 4.51. The normalized spacial score (nSPS) is 13.3. The van der Waals surface area contributed by atoms with Crippen LogP contribution in [-0.2, 0) is 6.18 Å². The van der Waals surface area contributed by atoms with Crippen molar-refractivity contribution in [1.29, 1.82) is 0 Å². The first kappa shape index (κ1) is 14.1. The van der Waals surface area contributed by atoms with Gasteiger partial charge in [0.25, 0.3) is 0 Å². The lowest BCUT2D eigenvalue weighted by atomic mass is 10.1.